The second kappa shape index (κ2) is 5.67. The largest absolute Gasteiger partial charge is 0.369 e. The highest BCUT2D eigenvalue weighted by molar-refractivity contribution is 5.55. The zero-order valence-corrected chi connectivity index (χ0v) is 11.2. The number of hydrogen-bond acceptors (Lipinski definition) is 3. The first-order valence-corrected chi connectivity index (χ1v) is 6.64. The highest BCUT2D eigenvalue weighted by atomic mass is 19.1. The lowest BCUT2D eigenvalue weighted by Gasteiger charge is -2.37. The van der Waals surface area contributed by atoms with E-state index in [1.807, 2.05) is 13.0 Å². The molecular weight excluding hydrogens is 229 g/mol. The molecule has 1 aromatic rings. The number of nitrogens with two attached hydrogens (primary N) is 1. The molecule has 0 aromatic heterocycles. The van der Waals surface area contributed by atoms with Gasteiger partial charge in [-0.25, -0.2) is 4.39 Å². The van der Waals surface area contributed by atoms with Gasteiger partial charge in [0.25, 0.3) is 0 Å². The van der Waals surface area contributed by atoms with Crippen molar-refractivity contribution in [1.29, 1.82) is 0 Å². The molecule has 2 rings (SSSR count). The van der Waals surface area contributed by atoms with Crippen LogP contribution in [-0.4, -0.2) is 37.6 Å². The highest BCUT2D eigenvalue weighted by Gasteiger charge is 2.21. The molecule has 0 aliphatic carbocycles. The molecular formula is C14H22FN3. The van der Waals surface area contributed by atoms with Gasteiger partial charge in [0.15, 0.2) is 0 Å². The minimum atomic E-state index is -0.273. The molecule has 0 saturated carbocycles. The van der Waals surface area contributed by atoms with E-state index in [1.165, 1.54) is 6.07 Å². The van der Waals surface area contributed by atoms with Gasteiger partial charge in [-0.3, -0.25) is 0 Å². The summed E-state index contributed by atoms with van der Waals surface area (Å²) in [5.41, 5.74) is 7.50. The van der Waals surface area contributed by atoms with Crippen molar-refractivity contribution in [3.05, 3.63) is 29.6 Å². The zero-order valence-electron chi connectivity index (χ0n) is 11.2. The third-order valence-electron chi connectivity index (χ3n) is 3.65. The SMILES string of the molecule is CCN1CCN(c2cccc(F)c2C(C)N)CC1. The molecule has 1 fully saturated rings. The minimum Gasteiger partial charge on any atom is -0.369 e. The van der Waals surface area contributed by atoms with Gasteiger partial charge in [0.2, 0.25) is 0 Å². The molecule has 3 nitrogen and oxygen atoms in total. The fourth-order valence-corrected chi connectivity index (χ4v) is 2.56. The summed E-state index contributed by atoms with van der Waals surface area (Å²) in [5, 5.41) is 0. The van der Waals surface area contributed by atoms with E-state index in [4.69, 9.17) is 5.73 Å². The van der Waals surface area contributed by atoms with Gasteiger partial charge in [-0.05, 0) is 25.6 Å². The van der Waals surface area contributed by atoms with E-state index in [1.54, 1.807) is 6.07 Å². The first-order chi connectivity index (χ1) is 8.63. The van der Waals surface area contributed by atoms with Crippen LogP contribution in [0.5, 0.6) is 0 Å². The lowest BCUT2D eigenvalue weighted by molar-refractivity contribution is 0.271. The Balaban J connectivity index is 2.21. The molecule has 2 N–H and O–H groups in total. The van der Waals surface area contributed by atoms with Gasteiger partial charge < -0.3 is 15.5 Å². The van der Waals surface area contributed by atoms with E-state index in [0.29, 0.717) is 5.56 Å². The molecule has 1 saturated heterocycles. The third kappa shape index (κ3) is 2.65. The average Bonchev–Trinajstić information content (AvgIpc) is 2.38. The molecule has 1 aromatic carbocycles. The van der Waals surface area contributed by atoms with Crippen molar-refractivity contribution >= 4 is 5.69 Å². The first-order valence-electron chi connectivity index (χ1n) is 6.64. The maximum Gasteiger partial charge on any atom is 0.130 e. The quantitative estimate of drug-likeness (QED) is 0.891. The molecule has 0 amide bonds. The number of benzene rings is 1. The van der Waals surface area contributed by atoms with Crippen molar-refractivity contribution in [2.45, 2.75) is 19.9 Å². The molecule has 1 heterocycles. The Labute approximate surface area is 108 Å². The Bertz CT molecular complexity index is 398. The fraction of sp³-hybridized carbons (Fsp3) is 0.571. The standard InChI is InChI=1S/C14H22FN3/c1-3-17-7-9-18(10-8-17)13-6-4-5-12(15)14(13)11(2)16/h4-6,11H,3,7-10,16H2,1-2H3. The lowest BCUT2D eigenvalue weighted by Crippen LogP contribution is -2.46. The molecule has 18 heavy (non-hydrogen) atoms. The van der Waals surface area contributed by atoms with Gasteiger partial charge in [-0.15, -0.1) is 0 Å². The molecule has 100 valence electrons. The summed E-state index contributed by atoms with van der Waals surface area (Å²) in [4.78, 5) is 4.65. The van der Waals surface area contributed by atoms with Crippen LogP contribution in [0.2, 0.25) is 0 Å². The topological polar surface area (TPSA) is 32.5 Å². The second-order valence-electron chi connectivity index (χ2n) is 4.88. The summed E-state index contributed by atoms with van der Waals surface area (Å²) in [6.45, 7) is 9.04. The van der Waals surface area contributed by atoms with E-state index in [9.17, 15) is 4.39 Å². The maximum atomic E-state index is 13.9. The van der Waals surface area contributed by atoms with Crippen LogP contribution in [0.4, 0.5) is 10.1 Å². The average molecular weight is 251 g/mol. The van der Waals surface area contributed by atoms with E-state index < -0.39 is 0 Å². The van der Waals surface area contributed by atoms with Crippen LogP contribution in [0.15, 0.2) is 18.2 Å². The van der Waals surface area contributed by atoms with Gasteiger partial charge in [-0.2, -0.15) is 0 Å². The maximum absolute atomic E-state index is 13.9. The van der Waals surface area contributed by atoms with Crippen molar-refractivity contribution in [3.63, 3.8) is 0 Å². The number of halogens is 1. The Hall–Kier alpha value is -1.13. The van der Waals surface area contributed by atoms with Crippen molar-refractivity contribution in [1.82, 2.24) is 4.90 Å². The number of nitrogens with zero attached hydrogens (tertiary/aromatic N) is 2. The van der Waals surface area contributed by atoms with Crippen LogP contribution in [0, 0.1) is 5.82 Å². The zero-order chi connectivity index (χ0) is 13.1. The van der Waals surface area contributed by atoms with Gasteiger partial charge in [0, 0.05) is 43.5 Å². The summed E-state index contributed by atoms with van der Waals surface area (Å²) in [6, 6.07) is 4.96. The Morgan fingerprint density at radius 2 is 1.94 bits per heavy atom. The number of piperazine rings is 1. The van der Waals surface area contributed by atoms with Crippen LogP contribution < -0.4 is 10.6 Å². The number of anilines is 1. The molecule has 0 radical (unpaired) electrons. The molecule has 4 heteroatoms. The summed E-state index contributed by atoms with van der Waals surface area (Å²) in [5.74, 6) is -0.194. The molecule has 1 aliphatic rings. The van der Waals surface area contributed by atoms with Crippen LogP contribution >= 0.6 is 0 Å². The lowest BCUT2D eigenvalue weighted by atomic mass is 10.0. The van der Waals surface area contributed by atoms with Gasteiger partial charge in [0.1, 0.15) is 5.82 Å². The van der Waals surface area contributed by atoms with E-state index >= 15 is 0 Å². The van der Waals surface area contributed by atoms with Crippen molar-refractivity contribution in [3.8, 4) is 0 Å². The number of likely N-dealkylation sites (N-methyl/N-ethyl adjacent to an activating group) is 1. The highest BCUT2D eigenvalue weighted by Crippen LogP contribution is 2.28. The number of rotatable bonds is 3. The Morgan fingerprint density at radius 3 is 2.50 bits per heavy atom. The van der Waals surface area contributed by atoms with E-state index in [2.05, 4.69) is 16.7 Å². The molecule has 0 bridgehead atoms. The fourth-order valence-electron chi connectivity index (χ4n) is 2.56. The Kier molecular flexibility index (Phi) is 4.19. The summed E-state index contributed by atoms with van der Waals surface area (Å²) in [6.07, 6.45) is 0. The molecule has 0 spiro atoms. The van der Waals surface area contributed by atoms with E-state index in [-0.39, 0.29) is 11.9 Å². The van der Waals surface area contributed by atoms with E-state index in [0.717, 1.165) is 38.4 Å². The molecule has 1 atom stereocenters. The smallest absolute Gasteiger partial charge is 0.130 e. The summed E-state index contributed by atoms with van der Waals surface area (Å²) >= 11 is 0. The first kappa shape index (κ1) is 13.3. The summed E-state index contributed by atoms with van der Waals surface area (Å²) < 4.78 is 13.9. The Morgan fingerprint density at radius 1 is 1.28 bits per heavy atom. The van der Waals surface area contributed by atoms with Crippen LogP contribution in [0.3, 0.4) is 0 Å². The monoisotopic (exact) mass is 251 g/mol. The van der Waals surface area contributed by atoms with Crippen molar-refractivity contribution in [2.24, 2.45) is 5.73 Å². The van der Waals surface area contributed by atoms with Crippen molar-refractivity contribution in [2.75, 3.05) is 37.6 Å². The van der Waals surface area contributed by atoms with Crippen molar-refractivity contribution < 1.29 is 4.39 Å². The third-order valence-corrected chi connectivity index (χ3v) is 3.65. The predicted molar refractivity (Wildman–Crippen MR) is 73.3 cm³/mol. The molecule has 1 aliphatic heterocycles. The predicted octanol–water partition coefficient (Wildman–Crippen LogP) is 1.99. The second-order valence-corrected chi connectivity index (χ2v) is 4.88. The van der Waals surface area contributed by atoms with Crippen LogP contribution in [-0.2, 0) is 0 Å². The normalized spacial score (nSPS) is 19.0. The summed E-state index contributed by atoms with van der Waals surface area (Å²) in [7, 11) is 0. The van der Waals surface area contributed by atoms with Gasteiger partial charge >= 0.3 is 0 Å². The van der Waals surface area contributed by atoms with Crippen LogP contribution in [0.1, 0.15) is 25.5 Å². The van der Waals surface area contributed by atoms with Gasteiger partial charge in [0.05, 0.1) is 0 Å². The minimum absolute atomic E-state index is 0.194. The number of hydrogen-bond donors (Lipinski definition) is 1. The van der Waals surface area contributed by atoms with Crippen LogP contribution in [0.25, 0.3) is 0 Å². The molecule has 1 unspecified atom stereocenters. The van der Waals surface area contributed by atoms with Gasteiger partial charge in [-0.1, -0.05) is 13.0 Å².